The third-order valence-corrected chi connectivity index (χ3v) is 5.32. The molecule has 0 radical (unpaired) electrons. The molecule has 0 aromatic carbocycles. The molecule has 2 amide bonds. The van der Waals surface area contributed by atoms with Gasteiger partial charge in [-0.15, -0.1) is 0 Å². The zero-order valence-electron chi connectivity index (χ0n) is 12.5. The lowest BCUT2D eigenvalue weighted by Gasteiger charge is -2.44. The molecule has 2 heterocycles. The summed E-state index contributed by atoms with van der Waals surface area (Å²) in [6.07, 6.45) is 1.12. The van der Waals surface area contributed by atoms with Crippen molar-refractivity contribution >= 4 is 23.6 Å². The van der Waals surface area contributed by atoms with Gasteiger partial charge in [0.2, 0.25) is 5.91 Å². The molecule has 5 nitrogen and oxygen atoms in total. The Bertz CT molecular complexity index is 413. The van der Waals surface area contributed by atoms with E-state index in [1.165, 1.54) is 6.92 Å². The van der Waals surface area contributed by atoms with Gasteiger partial charge in [-0.2, -0.15) is 11.8 Å². The zero-order valence-corrected chi connectivity index (χ0v) is 13.3. The van der Waals surface area contributed by atoms with Gasteiger partial charge in [-0.3, -0.25) is 9.59 Å². The number of nitrogens with zero attached hydrogens (tertiary/aromatic N) is 2. The predicted octanol–water partition coefficient (Wildman–Crippen LogP) is 0.714. The average Bonchev–Trinajstić information content (AvgIpc) is 2.36. The minimum Gasteiger partial charge on any atom is -0.378 e. The van der Waals surface area contributed by atoms with Crippen LogP contribution in [-0.4, -0.2) is 69.0 Å². The number of likely N-dealkylation sites (tertiary alicyclic amines) is 1. The van der Waals surface area contributed by atoms with E-state index in [0.29, 0.717) is 32.5 Å². The maximum Gasteiger partial charge on any atom is 0.256 e. The van der Waals surface area contributed by atoms with E-state index in [0.717, 1.165) is 5.75 Å². The second-order valence-electron chi connectivity index (χ2n) is 6.41. The van der Waals surface area contributed by atoms with Gasteiger partial charge in [-0.1, -0.05) is 0 Å². The van der Waals surface area contributed by atoms with E-state index in [4.69, 9.17) is 0 Å². The molecule has 2 fully saturated rings. The third-order valence-electron chi connectivity index (χ3n) is 4.03. The van der Waals surface area contributed by atoms with Crippen molar-refractivity contribution in [2.45, 2.75) is 44.0 Å². The molecule has 0 saturated carbocycles. The maximum absolute atomic E-state index is 12.7. The summed E-state index contributed by atoms with van der Waals surface area (Å²) in [6, 6.07) is 0. The second kappa shape index (κ2) is 5.56. The van der Waals surface area contributed by atoms with Crippen LogP contribution in [0, 0.1) is 0 Å². The van der Waals surface area contributed by atoms with Gasteiger partial charge in [0, 0.05) is 37.1 Å². The fraction of sp³-hybridized carbons (Fsp3) is 0.857. The highest BCUT2D eigenvalue weighted by Crippen LogP contribution is 2.32. The smallest absolute Gasteiger partial charge is 0.256 e. The Morgan fingerprint density at radius 1 is 1.15 bits per heavy atom. The highest BCUT2D eigenvalue weighted by atomic mass is 32.2. The molecule has 20 heavy (non-hydrogen) atoms. The van der Waals surface area contributed by atoms with E-state index in [2.05, 4.69) is 13.8 Å². The summed E-state index contributed by atoms with van der Waals surface area (Å²) in [5.41, 5.74) is -1.40. The number of rotatable bonds is 1. The summed E-state index contributed by atoms with van der Waals surface area (Å²) in [7, 11) is 0. The monoisotopic (exact) mass is 300 g/mol. The molecule has 0 aliphatic carbocycles. The first-order chi connectivity index (χ1) is 9.23. The van der Waals surface area contributed by atoms with E-state index in [1.54, 1.807) is 9.80 Å². The maximum atomic E-state index is 12.7. The molecular formula is C14H24N2O3S. The normalized spacial score (nSPS) is 30.2. The number of β-amino-alcohol motifs (C(OH)–C–C–N with tert-alkyl or cyclic N) is 1. The number of amides is 2. The molecular weight excluding hydrogens is 276 g/mol. The van der Waals surface area contributed by atoms with Crippen molar-refractivity contribution in [3.63, 3.8) is 0 Å². The van der Waals surface area contributed by atoms with Gasteiger partial charge in [0.25, 0.3) is 5.91 Å². The van der Waals surface area contributed by atoms with E-state index in [1.807, 2.05) is 11.8 Å². The van der Waals surface area contributed by atoms with Crippen LogP contribution in [0.2, 0.25) is 0 Å². The molecule has 2 rings (SSSR count). The Morgan fingerprint density at radius 2 is 1.85 bits per heavy atom. The van der Waals surface area contributed by atoms with E-state index < -0.39 is 5.60 Å². The van der Waals surface area contributed by atoms with Crippen molar-refractivity contribution in [2.75, 3.05) is 31.9 Å². The summed E-state index contributed by atoms with van der Waals surface area (Å²) < 4.78 is 0.0270. The van der Waals surface area contributed by atoms with Crippen LogP contribution in [0.5, 0.6) is 0 Å². The Hall–Kier alpha value is -0.750. The minimum atomic E-state index is -1.40. The first kappa shape index (κ1) is 15.6. The molecule has 0 bridgehead atoms. The molecule has 0 aromatic heterocycles. The van der Waals surface area contributed by atoms with Gasteiger partial charge in [0.05, 0.1) is 6.54 Å². The first-order valence-electron chi connectivity index (χ1n) is 7.15. The molecule has 6 heteroatoms. The Balaban J connectivity index is 2.08. The molecule has 1 atom stereocenters. The van der Waals surface area contributed by atoms with Crippen LogP contribution in [0.25, 0.3) is 0 Å². The third kappa shape index (κ3) is 3.28. The fourth-order valence-electron chi connectivity index (χ4n) is 2.96. The molecule has 1 N–H and O–H groups in total. The summed E-state index contributed by atoms with van der Waals surface area (Å²) in [6.45, 7) is 7.80. The number of hydrogen-bond donors (Lipinski definition) is 1. The van der Waals surface area contributed by atoms with Crippen molar-refractivity contribution in [3.05, 3.63) is 0 Å². The molecule has 0 spiro atoms. The van der Waals surface area contributed by atoms with Gasteiger partial charge < -0.3 is 14.9 Å². The number of thioether (sulfide) groups is 1. The van der Waals surface area contributed by atoms with Crippen LogP contribution in [-0.2, 0) is 9.59 Å². The van der Waals surface area contributed by atoms with Gasteiger partial charge in [-0.25, -0.2) is 0 Å². The van der Waals surface area contributed by atoms with Crippen LogP contribution in [0.15, 0.2) is 0 Å². The Kier molecular flexibility index (Phi) is 4.35. The van der Waals surface area contributed by atoms with Crippen molar-refractivity contribution in [1.82, 2.24) is 9.80 Å². The lowest BCUT2D eigenvalue weighted by Crippen LogP contribution is -2.61. The number of piperidine rings is 1. The van der Waals surface area contributed by atoms with Crippen molar-refractivity contribution < 1.29 is 14.7 Å². The highest BCUT2D eigenvalue weighted by molar-refractivity contribution is 8.00. The van der Waals surface area contributed by atoms with Gasteiger partial charge >= 0.3 is 0 Å². The number of carbonyl (C=O) groups is 2. The lowest BCUT2D eigenvalue weighted by atomic mass is 9.90. The van der Waals surface area contributed by atoms with Gasteiger partial charge in [0.1, 0.15) is 0 Å². The lowest BCUT2D eigenvalue weighted by molar-refractivity contribution is -0.160. The number of aliphatic hydroxyl groups is 1. The van der Waals surface area contributed by atoms with Crippen LogP contribution in [0.1, 0.15) is 33.6 Å². The summed E-state index contributed by atoms with van der Waals surface area (Å²) in [5.74, 6) is 0.605. The van der Waals surface area contributed by atoms with E-state index >= 15 is 0 Å². The number of hydrogen-bond acceptors (Lipinski definition) is 4. The van der Waals surface area contributed by atoms with Gasteiger partial charge in [0.15, 0.2) is 5.60 Å². The Labute approximate surface area is 124 Å². The predicted molar refractivity (Wildman–Crippen MR) is 79.6 cm³/mol. The molecule has 2 aliphatic heterocycles. The second-order valence-corrected chi connectivity index (χ2v) is 8.21. The van der Waals surface area contributed by atoms with Gasteiger partial charge in [-0.05, 0) is 26.7 Å². The van der Waals surface area contributed by atoms with Crippen molar-refractivity contribution in [2.24, 2.45) is 0 Å². The Morgan fingerprint density at radius 3 is 2.45 bits per heavy atom. The van der Waals surface area contributed by atoms with Crippen LogP contribution >= 0.6 is 11.8 Å². The minimum absolute atomic E-state index is 0.0270. The van der Waals surface area contributed by atoms with Crippen LogP contribution < -0.4 is 0 Å². The topological polar surface area (TPSA) is 60.9 Å². The molecule has 2 saturated heterocycles. The van der Waals surface area contributed by atoms with Crippen LogP contribution in [0.3, 0.4) is 0 Å². The summed E-state index contributed by atoms with van der Waals surface area (Å²) in [4.78, 5) is 27.5. The summed E-state index contributed by atoms with van der Waals surface area (Å²) >= 11 is 1.85. The van der Waals surface area contributed by atoms with Crippen molar-refractivity contribution in [1.29, 1.82) is 0 Å². The average molecular weight is 300 g/mol. The quantitative estimate of drug-likeness (QED) is 0.775. The number of carbonyl (C=O) groups excluding carboxylic acids is 2. The SMILES string of the molecule is CC(=O)N1CCC[C@](O)(C(=O)N2CCSC(C)(C)C2)C1. The van der Waals surface area contributed by atoms with E-state index in [9.17, 15) is 14.7 Å². The standard InChI is InChI=1S/C14H24N2O3S/c1-11(17)15-6-4-5-14(19,10-15)12(18)16-7-8-20-13(2,3)9-16/h19H,4-10H2,1-3H3/t14-/m1/s1. The molecule has 2 aliphatic rings. The molecule has 114 valence electrons. The van der Waals surface area contributed by atoms with Crippen LogP contribution in [0.4, 0.5) is 0 Å². The highest BCUT2D eigenvalue weighted by Gasteiger charge is 2.45. The van der Waals surface area contributed by atoms with Crippen molar-refractivity contribution in [3.8, 4) is 0 Å². The fourth-order valence-corrected chi connectivity index (χ4v) is 4.08. The molecule has 0 aromatic rings. The summed E-state index contributed by atoms with van der Waals surface area (Å²) in [5, 5.41) is 10.7. The molecule has 0 unspecified atom stereocenters. The zero-order chi connectivity index (χ0) is 15.0. The van der Waals surface area contributed by atoms with E-state index in [-0.39, 0.29) is 23.1 Å². The first-order valence-corrected chi connectivity index (χ1v) is 8.13. The largest absolute Gasteiger partial charge is 0.378 e.